The lowest BCUT2D eigenvalue weighted by Gasteiger charge is -2.24. The molecule has 2 heterocycles. The zero-order chi connectivity index (χ0) is 17.2. The summed E-state index contributed by atoms with van der Waals surface area (Å²) in [6.45, 7) is 9.17. The fourth-order valence-corrected chi connectivity index (χ4v) is 3.42. The third-order valence-electron chi connectivity index (χ3n) is 4.41. The number of likely N-dealkylation sites (tertiary alicyclic amines) is 1. The van der Waals surface area contributed by atoms with E-state index in [9.17, 15) is 9.59 Å². The van der Waals surface area contributed by atoms with Crippen molar-refractivity contribution in [2.24, 2.45) is 11.3 Å². The first-order valence-corrected chi connectivity index (χ1v) is 8.53. The van der Waals surface area contributed by atoms with E-state index in [0.717, 1.165) is 10.0 Å². The summed E-state index contributed by atoms with van der Waals surface area (Å²) in [5, 5.41) is 12.8. The minimum absolute atomic E-state index is 0.0507. The standard InChI is InChI=1S/C15H24N4O3S/c1-9(2)12-18-17-11(23-12)6-16-14(21)19-7-10(3)15(4,8-19)13(20)22-5/h9-10H,6-8H2,1-5H3,(H,16,21)/t10-,15-/m1/s1. The van der Waals surface area contributed by atoms with Crippen molar-refractivity contribution < 1.29 is 14.3 Å². The number of hydrogen-bond donors (Lipinski definition) is 1. The van der Waals surface area contributed by atoms with Crippen molar-refractivity contribution in [3.05, 3.63) is 10.0 Å². The van der Waals surface area contributed by atoms with Crippen LogP contribution in [0.15, 0.2) is 0 Å². The molecule has 1 aromatic rings. The number of carbonyl (C=O) groups excluding carboxylic acids is 2. The number of esters is 1. The average Bonchev–Trinajstić information content (AvgIpc) is 3.10. The van der Waals surface area contributed by atoms with Crippen LogP contribution in [0.2, 0.25) is 0 Å². The molecule has 0 radical (unpaired) electrons. The van der Waals surface area contributed by atoms with Gasteiger partial charge in [0, 0.05) is 19.0 Å². The van der Waals surface area contributed by atoms with Crippen molar-refractivity contribution in [1.29, 1.82) is 0 Å². The second-order valence-corrected chi connectivity index (χ2v) is 7.63. The van der Waals surface area contributed by atoms with E-state index in [0.29, 0.717) is 25.6 Å². The van der Waals surface area contributed by atoms with Crippen LogP contribution in [-0.4, -0.2) is 47.3 Å². The van der Waals surface area contributed by atoms with Gasteiger partial charge in [0.05, 0.1) is 19.1 Å². The fourth-order valence-electron chi connectivity index (χ4n) is 2.64. The number of hydrogen-bond acceptors (Lipinski definition) is 6. The van der Waals surface area contributed by atoms with Gasteiger partial charge in [-0.05, 0) is 12.8 Å². The number of urea groups is 1. The van der Waals surface area contributed by atoms with Gasteiger partial charge in [-0.1, -0.05) is 32.1 Å². The number of carbonyl (C=O) groups is 2. The lowest BCUT2D eigenvalue weighted by molar-refractivity contribution is -0.152. The Kier molecular flexibility index (Phi) is 5.23. The van der Waals surface area contributed by atoms with Gasteiger partial charge in [0.1, 0.15) is 10.0 Å². The van der Waals surface area contributed by atoms with Crippen molar-refractivity contribution in [3.8, 4) is 0 Å². The monoisotopic (exact) mass is 340 g/mol. The van der Waals surface area contributed by atoms with Gasteiger partial charge < -0.3 is 15.0 Å². The Bertz CT molecular complexity index is 589. The van der Waals surface area contributed by atoms with Gasteiger partial charge in [0.2, 0.25) is 0 Å². The van der Waals surface area contributed by atoms with E-state index in [-0.39, 0.29) is 17.9 Å². The molecular weight excluding hydrogens is 316 g/mol. The van der Waals surface area contributed by atoms with Gasteiger partial charge in [-0.15, -0.1) is 10.2 Å². The van der Waals surface area contributed by atoms with Gasteiger partial charge >= 0.3 is 12.0 Å². The average molecular weight is 340 g/mol. The van der Waals surface area contributed by atoms with Crippen LogP contribution in [0.1, 0.15) is 43.6 Å². The molecule has 0 saturated carbocycles. The molecule has 1 saturated heterocycles. The van der Waals surface area contributed by atoms with E-state index in [4.69, 9.17) is 4.74 Å². The van der Waals surface area contributed by atoms with Crippen molar-refractivity contribution in [2.45, 2.75) is 40.2 Å². The van der Waals surface area contributed by atoms with Gasteiger partial charge in [-0.2, -0.15) is 0 Å². The zero-order valence-electron chi connectivity index (χ0n) is 14.3. The predicted octanol–water partition coefficient (Wildman–Crippen LogP) is 2.00. The molecule has 0 spiro atoms. The lowest BCUT2D eigenvalue weighted by atomic mass is 9.81. The molecule has 8 heteroatoms. The third-order valence-corrected chi connectivity index (χ3v) is 5.63. The summed E-state index contributed by atoms with van der Waals surface area (Å²) in [5.41, 5.74) is -0.653. The third kappa shape index (κ3) is 3.63. The number of methoxy groups -OCH3 is 1. The lowest BCUT2D eigenvalue weighted by Crippen LogP contribution is -2.41. The van der Waals surface area contributed by atoms with Crippen LogP contribution in [0.4, 0.5) is 4.79 Å². The van der Waals surface area contributed by atoms with Crippen LogP contribution in [0.5, 0.6) is 0 Å². The SMILES string of the molecule is COC(=O)[C@]1(C)CN(C(=O)NCc2nnc(C(C)C)s2)C[C@H]1C. The molecule has 2 rings (SSSR count). The molecule has 0 aromatic carbocycles. The minimum Gasteiger partial charge on any atom is -0.469 e. The van der Waals surface area contributed by atoms with E-state index in [2.05, 4.69) is 29.4 Å². The van der Waals surface area contributed by atoms with E-state index >= 15 is 0 Å². The summed E-state index contributed by atoms with van der Waals surface area (Å²) in [6, 6.07) is -0.189. The Balaban J connectivity index is 1.92. The highest BCUT2D eigenvalue weighted by Crippen LogP contribution is 2.36. The molecular formula is C15H24N4O3S. The van der Waals surface area contributed by atoms with Crippen LogP contribution < -0.4 is 5.32 Å². The van der Waals surface area contributed by atoms with Gasteiger partial charge in [-0.3, -0.25) is 4.79 Å². The molecule has 1 N–H and O–H groups in total. The Hall–Kier alpha value is -1.70. The molecule has 1 aliphatic rings. The Labute approximate surface area is 140 Å². The highest BCUT2D eigenvalue weighted by atomic mass is 32.1. The molecule has 7 nitrogen and oxygen atoms in total. The van der Waals surface area contributed by atoms with E-state index in [1.165, 1.54) is 18.4 Å². The van der Waals surface area contributed by atoms with Crippen molar-refractivity contribution in [1.82, 2.24) is 20.4 Å². The topological polar surface area (TPSA) is 84.4 Å². The second-order valence-electron chi connectivity index (χ2n) is 6.54. The number of aromatic nitrogens is 2. The maximum Gasteiger partial charge on any atom is 0.317 e. The Morgan fingerprint density at radius 1 is 1.48 bits per heavy atom. The summed E-state index contributed by atoms with van der Waals surface area (Å²) >= 11 is 1.50. The van der Waals surface area contributed by atoms with Crippen LogP contribution in [0, 0.1) is 11.3 Å². The highest BCUT2D eigenvalue weighted by molar-refractivity contribution is 7.11. The maximum atomic E-state index is 12.3. The summed E-state index contributed by atoms with van der Waals surface area (Å²) < 4.78 is 4.88. The van der Waals surface area contributed by atoms with E-state index < -0.39 is 5.41 Å². The van der Waals surface area contributed by atoms with Crippen LogP contribution in [0.25, 0.3) is 0 Å². The smallest absolute Gasteiger partial charge is 0.317 e. The van der Waals surface area contributed by atoms with Crippen LogP contribution >= 0.6 is 11.3 Å². The number of nitrogens with zero attached hydrogens (tertiary/aromatic N) is 3. The molecule has 0 unspecified atom stereocenters. The molecule has 2 amide bonds. The number of nitrogens with one attached hydrogen (secondary N) is 1. The second kappa shape index (κ2) is 6.82. The summed E-state index contributed by atoms with van der Waals surface area (Å²) in [7, 11) is 1.38. The van der Waals surface area contributed by atoms with Crippen molar-refractivity contribution >= 4 is 23.3 Å². The molecule has 1 fully saturated rings. The zero-order valence-corrected chi connectivity index (χ0v) is 15.1. The number of rotatable bonds is 4. The van der Waals surface area contributed by atoms with E-state index in [1.807, 2.05) is 13.8 Å². The molecule has 128 valence electrons. The highest BCUT2D eigenvalue weighted by Gasteiger charge is 2.48. The van der Waals surface area contributed by atoms with Crippen LogP contribution in [-0.2, 0) is 16.1 Å². The first-order valence-electron chi connectivity index (χ1n) is 7.71. The normalized spacial score (nSPS) is 24.1. The Morgan fingerprint density at radius 3 is 2.74 bits per heavy atom. The summed E-state index contributed by atoms with van der Waals surface area (Å²) in [5.74, 6) is 0.109. The first-order chi connectivity index (χ1) is 10.8. The fraction of sp³-hybridized carbons (Fsp3) is 0.733. The van der Waals surface area contributed by atoms with Crippen LogP contribution in [0.3, 0.4) is 0 Å². The quantitative estimate of drug-likeness (QED) is 0.848. The molecule has 1 aromatic heterocycles. The maximum absolute atomic E-state index is 12.3. The van der Waals surface area contributed by atoms with Crippen molar-refractivity contribution in [3.63, 3.8) is 0 Å². The molecule has 2 atom stereocenters. The summed E-state index contributed by atoms with van der Waals surface area (Å²) in [6.07, 6.45) is 0. The predicted molar refractivity (Wildman–Crippen MR) is 87.1 cm³/mol. The molecule has 0 aliphatic carbocycles. The van der Waals surface area contributed by atoms with Crippen molar-refractivity contribution in [2.75, 3.05) is 20.2 Å². The number of amides is 2. The molecule has 23 heavy (non-hydrogen) atoms. The van der Waals surface area contributed by atoms with Gasteiger partial charge in [-0.25, -0.2) is 4.79 Å². The molecule has 1 aliphatic heterocycles. The number of ether oxygens (including phenoxy) is 1. The first kappa shape index (κ1) is 17.7. The largest absolute Gasteiger partial charge is 0.469 e. The van der Waals surface area contributed by atoms with Gasteiger partial charge in [0.15, 0.2) is 0 Å². The Morgan fingerprint density at radius 2 is 2.17 bits per heavy atom. The summed E-state index contributed by atoms with van der Waals surface area (Å²) in [4.78, 5) is 25.9. The van der Waals surface area contributed by atoms with Gasteiger partial charge in [0.25, 0.3) is 0 Å². The van der Waals surface area contributed by atoms with E-state index in [1.54, 1.807) is 4.90 Å². The minimum atomic E-state index is -0.653. The molecule has 0 bridgehead atoms.